The van der Waals surface area contributed by atoms with Crippen LogP contribution in [-0.4, -0.2) is 48.6 Å². The van der Waals surface area contributed by atoms with Crippen LogP contribution in [0.2, 0.25) is 0 Å². The molecule has 0 aliphatic carbocycles. The fraction of sp³-hybridized carbons (Fsp3) is 0.733. The number of anilines is 2. The summed E-state index contributed by atoms with van der Waals surface area (Å²) in [7, 11) is 6.06. The third kappa shape index (κ3) is 4.07. The number of hydrogen-bond donors (Lipinski definition) is 2. The van der Waals surface area contributed by atoms with E-state index >= 15 is 0 Å². The first-order valence-electron chi connectivity index (χ1n) is 7.14. The highest BCUT2D eigenvalue weighted by molar-refractivity contribution is 5.57. The predicted molar refractivity (Wildman–Crippen MR) is 86.7 cm³/mol. The molecule has 0 fully saturated rings. The average molecular weight is 279 g/mol. The van der Waals surface area contributed by atoms with Crippen LogP contribution in [-0.2, 0) is 5.41 Å². The minimum absolute atomic E-state index is 0.0666. The highest BCUT2D eigenvalue weighted by atomic mass is 15.1. The normalized spacial score (nSPS) is 13.4. The maximum absolute atomic E-state index is 4.70. The lowest BCUT2D eigenvalue weighted by atomic mass is 9.95. The summed E-state index contributed by atoms with van der Waals surface area (Å²) in [5, 5.41) is 6.61. The van der Waals surface area contributed by atoms with E-state index in [-0.39, 0.29) is 5.41 Å². The number of hydrogen-bond acceptors (Lipinski definition) is 5. The summed E-state index contributed by atoms with van der Waals surface area (Å²) in [6.07, 6.45) is 0. The van der Waals surface area contributed by atoms with E-state index in [4.69, 9.17) is 4.98 Å². The summed E-state index contributed by atoms with van der Waals surface area (Å²) < 4.78 is 0. The molecule has 1 rings (SSSR count). The Balaban J connectivity index is 3.05. The molecule has 20 heavy (non-hydrogen) atoms. The summed E-state index contributed by atoms with van der Waals surface area (Å²) in [6.45, 7) is 11.5. The van der Waals surface area contributed by atoms with Gasteiger partial charge in [-0.05, 0) is 27.9 Å². The number of nitrogens with one attached hydrogen (secondary N) is 2. The zero-order valence-corrected chi connectivity index (χ0v) is 14.1. The van der Waals surface area contributed by atoms with Crippen molar-refractivity contribution in [2.24, 2.45) is 0 Å². The maximum Gasteiger partial charge on any atom is 0.138 e. The van der Waals surface area contributed by atoms with E-state index in [1.807, 2.05) is 14.0 Å². The zero-order chi connectivity index (χ0) is 15.5. The third-order valence-corrected chi connectivity index (χ3v) is 3.50. The molecule has 5 heteroatoms. The van der Waals surface area contributed by atoms with E-state index in [2.05, 4.69) is 62.3 Å². The van der Waals surface area contributed by atoms with Crippen molar-refractivity contribution in [2.45, 2.75) is 46.1 Å². The van der Waals surface area contributed by atoms with Gasteiger partial charge in [0.15, 0.2) is 0 Å². The van der Waals surface area contributed by atoms with E-state index in [0.29, 0.717) is 6.04 Å². The molecule has 0 spiro atoms. The second kappa shape index (κ2) is 6.39. The summed E-state index contributed by atoms with van der Waals surface area (Å²) in [4.78, 5) is 11.5. The van der Waals surface area contributed by atoms with E-state index in [0.717, 1.165) is 29.6 Å². The molecule has 114 valence electrons. The molecule has 0 saturated heterocycles. The monoisotopic (exact) mass is 279 g/mol. The van der Waals surface area contributed by atoms with Gasteiger partial charge < -0.3 is 15.5 Å². The number of nitrogens with zero attached hydrogens (tertiary/aromatic N) is 3. The topological polar surface area (TPSA) is 53.1 Å². The maximum atomic E-state index is 4.70. The van der Waals surface area contributed by atoms with Gasteiger partial charge in [-0.15, -0.1) is 0 Å². The van der Waals surface area contributed by atoms with Gasteiger partial charge in [0.1, 0.15) is 17.5 Å². The Bertz CT molecular complexity index is 448. The Hall–Kier alpha value is -1.36. The molecule has 1 unspecified atom stereocenters. The van der Waals surface area contributed by atoms with Crippen LogP contribution in [0.15, 0.2) is 0 Å². The first-order chi connectivity index (χ1) is 9.16. The molecule has 0 saturated carbocycles. The van der Waals surface area contributed by atoms with E-state index in [9.17, 15) is 0 Å². The summed E-state index contributed by atoms with van der Waals surface area (Å²) in [6, 6.07) is 0.445. The number of aromatic nitrogens is 2. The number of likely N-dealkylation sites (N-methyl/N-ethyl adjacent to an activating group) is 1. The highest BCUT2D eigenvalue weighted by Crippen LogP contribution is 2.26. The molecule has 1 aromatic rings. The Labute approximate surface area is 123 Å². The zero-order valence-electron chi connectivity index (χ0n) is 14.1. The number of rotatable bonds is 5. The van der Waals surface area contributed by atoms with Gasteiger partial charge in [0, 0.05) is 30.6 Å². The second-order valence-corrected chi connectivity index (χ2v) is 6.56. The summed E-state index contributed by atoms with van der Waals surface area (Å²) in [5.41, 5.74) is 0.995. The van der Waals surface area contributed by atoms with E-state index < -0.39 is 0 Å². The van der Waals surface area contributed by atoms with Crippen LogP contribution in [0.4, 0.5) is 11.6 Å². The minimum Gasteiger partial charge on any atom is -0.373 e. The SMILES string of the molecule is CNc1nc(C(C)(C)C)nc(NCC(C)N(C)C)c1C. The molecule has 5 nitrogen and oxygen atoms in total. The van der Waals surface area contributed by atoms with Gasteiger partial charge >= 0.3 is 0 Å². The largest absolute Gasteiger partial charge is 0.373 e. The van der Waals surface area contributed by atoms with Gasteiger partial charge in [0.05, 0.1) is 0 Å². The molecule has 2 N–H and O–H groups in total. The fourth-order valence-electron chi connectivity index (χ4n) is 1.69. The van der Waals surface area contributed by atoms with Crippen molar-refractivity contribution in [3.8, 4) is 0 Å². The van der Waals surface area contributed by atoms with E-state index in [1.54, 1.807) is 0 Å². The Morgan fingerprint density at radius 1 is 1.15 bits per heavy atom. The summed E-state index contributed by atoms with van der Waals surface area (Å²) in [5.74, 6) is 2.67. The molecule has 0 aromatic carbocycles. The predicted octanol–water partition coefficient (Wildman–Crippen LogP) is 2.49. The first-order valence-corrected chi connectivity index (χ1v) is 7.14. The minimum atomic E-state index is -0.0666. The molecule has 0 radical (unpaired) electrons. The first kappa shape index (κ1) is 16.7. The van der Waals surface area contributed by atoms with Crippen LogP contribution in [0.3, 0.4) is 0 Å². The quantitative estimate of drug-likeness (QED) is 0.867. The molecule has 1 aromatic heterocycles. The van der Waals surface area contributed by atoms with Gasteiger partial charge in [-0.3, -0.25) is 0 Å². The molecule has 0 aliphatic rings. The van der Waals surface area contributed by atoms with Crippen LogP contribution < -0.4 is 10.6 Å². The van der Waals surface area contributed by atoms with Crippen LogP contribution >= 0.6 is 0 Å². The lowest BCUT2D eigenvalue weighted by molar-refractivity contribution is 0.326. The second-order valence-electron chi connectivity index (χ2n) is 6.56. The third-order valence-electron chi connectivity index (χ3n) is 3.50. The van der Waals surface area contributed by atoms with Crippen molar-refractivity contribution >= 4 is 11.6 Å². The van der Waals surface area contributed by atoms with Crippen molar-refractivity contribution in [1.82, 2.24) is 14.9 Å². The van der Waals surface area contributed by atoms with Crippen molar-refractivity contribution in [3.63, 3.8) is 0 Å². The highest BCUT2D eigenvalue weighted by Gasteiger charge is 2.21. The van der Waals surface area contributed by atoms with E-state index in [1.165, 1.54) is 0 Å². The van der Waals surface area contributed by atoms with Gasteiger partial charge in [-0.25, -0.2) is 9.97 Å². The van der Waals surface area contributed by atoms with Crippen molar-refractivity contribution < 1.29 is 0 Å². The van der Waals surface area contributed by atoms with Gasteiger partial charge in [-0.2, -0.15) is 0 Å². The Morgan fingerprint density at radius 2 is 1.70 bits per heavy atom. The van der Waals surface area contributed by atoms with Gasteiger partial charge in [0.25, 0.3) is 0 Å². The van der Waals surface area contributed by atoms with Crippen LogP contribution in [0.25, 0.3) is 0 Å². The van der Waals surface area contributed by atoms with Crippen molar-refractivity contribution in [3.05, 3.63) is 11.4 Å². The molecular weight excluding hydrogens is 250 g/mol. The summed E-state index contributed by atoms with van der Waals surface area (Å²) >= 11 is 0. The Morgan fingerprint density at radius 3 is 2.15 bits per heavy atom. The van der Waals surface area contributed by atoms with Crippen LogP contribution in [0.1, 0.15) is 39.1 Å². The van der Waals surface area contributed by atoms with Crippen molar-refractivity contribution in [2.75, 3.05) is 38.3 Å². The fourth-order valence-corrected chi connectivity index (χ4v) is 1.69. The van der Waals surface area contributed by atoms with Gasteiger partial charge in [-0.1, -0.05) is 20.8 Å². The van der Waals surface area contributed by atoms with Crippen LogP contribution in [0.5, 0.6) is 0 Å². The lowest BCUT2D eigenvalue weighted by Gasteiger charge is -2.23. The molecule has 0 amide bonds. The average Bonchev–Trinajstić information content (AvgIpc) is 2.35. The molecular formula is C15H29N5. The van der Waals surface area contributed by atoms with Crippen LogP contribution in [0, 0.1) is 6.92 Å². The molecule has 0 aliphatic heterocycles. The lowest BCUT2D eigenvalue weighted by Crippen LogP contribution is -2.32. The smallest absolute Gasteiger partial charge is 0.138 e. The molecule has 1 heterocycles. The molecule has 0 bridgehead atoms. The standard InChI is InChI=1S/C15H29N5/c1-10(20(7)8)9-17-13-11(2)12(16-6)18-14(19-13)15(3,4)5/h10H,9H2,1-8H3,(H2,16,17,18,19). The molecule has 1 atom stereocenters. The van der Waals surface area contributed by atoms with Gasteiger partial charge in [0.2, 0.25) is 0 Å². The van der Waals surface area contributed by atoms with Crippen molar-refractivity contribution in [1.29, 1.82) is 0 Å². The Kier molecular flexibility index (Phi) is 5.34.